The van der Waals surface area contributed by atoms with Crippen molar-refractivity contribution in [2.24, 2.45) is 0 Å². The van der Waals surface area contributed by atoms with E-state index in [4.69, 9.17) is 17.3 Å². The zero-order chi connectivity index (χ0) is 12.6. The van der Waals surface area contributed by atoms with Crippen molar-refractivity contribution in [3.8, 4) is 11.1 Å². The van der Waals surface area contributed by atoms with Crippen molar-refractivity contribution in [2.75, 3.05) is 5.73 Å². The highest BCUT2D eigenvalue weighted by Crippen LogP contribution is 2.32. The molecule has 0 aliphatic heterocycles. The number of benzene rings is 2. The van der Waals surface area contributed by atoms with Gasteiger partial charge in [-0.2, -0.15) is 0 Å². The first-order valence-electron chi connectivity index (χ1n) is 5.31. The molecular formula is C14H13ClFN. The summed E-state index contributed by atoms with van der Waals surface area (Å²) in [5, 5.41) is 0.729. The molecule has 0 fully saturated rings. The fourth-order valence-corrected chi connectivity index (χ4v) is 2.07. The van der Waals surface area contributed by atoms with E-state index in [0.29, 0.717) is 5.69 Å². The van der Waals surface area contributed by atoms with Crippen molar-refractivity contribution in [1.82, 2.24) is 0 Å². The molecule has 0 spiro atoms. The number of hydrogen-bond donors (Lipinski definition) is 1. The van der Waals surface area contributed by atoms with Crippen molar-refractivity contribution in [3.05, 3.63) is 52.3 Å². The Morgan fingerprint density at radius 2 is 1.71 bits per heavy atom. The molecule has 2 N–H and O–H groups in total. The highest BCUT2D eigenvalue weighted by molar-refractivity contribution is 6.31. The summed E-state index contributed by atoms with van der Waals surface area (Å²) < 4.78 is 13.0. The van der Waals surface area contributed by atoms with Crippen LogP contribution in [0.15, 0.2) is 30.3 Å². The van der Waals surface area contributed by atoms with Gasteiger partial charge in [0, 0.05) is 16.3 Å². The van der Waals surface area contributed by atoms with Crippen LogP contribution in [-0.2, 0) is 0 Å². The van der Waals surface area contributed by atoms with Gasteiger partial charge >= 0.3 is 0 Å². The molecule has 17 heavy (non-hydrogen) atoms. The molecule has 0 saturated carbocycles. The Bertz CT molecular complexity index is 579. The molecule has 0 aliphatic carbocycles. The molecule has 0 saturated heterocycles. The Morgan fingerprint density at radius 3 is 2.35 bits per heavy atom. The van der Waals surface area contributed by atoms with Gasteiger partial charge in [0.15, 0.2) is 0 Å². The largest absolute Gasteiger partial charge is 0.398 e. The first-order valence-corrected chi connectivity index (χ1v) is 5.69. The predicted octanol–water partition coefficient (Wildman–Crippen LogP) is 4.35. The number of rotatable bonds is 1. The zero-order valence-electron chi connectivity index (χ0n) is 9.72. The van der Waals surface area contributed by atoms with Crippen LogP contribution in [0.5, 0.6) is 0 Å². The molecule has 88 valence electrons. The van der Waals surface area contributed by atoms with E-state index in [1.165, 1.54) is 12.1 Å². The lowest BCUT2D eigenvalue weighted by Crippen LogP contribution is -1.94. The SMILES string of the molecule is Cc1cc(-c2ccc(F)cc2N)c(C)cc1Cl. The standard InChI is InChI=1S/C14H13ClFN/c1-8-6-13(15)9(2)5-12(8)11-4-3-10(16)7-14(11)17/h3-7H,17H2,1-2H3. The molecule has 2 rings (SSSR count). The molecule has 3 heteroatoms. The van der Waals surface area contributed by atoms with Crippen molar-refractivity contribution in [3.63, 3.8) is 0 Å². The van der Waals surface area contributed by atoms with Gasteiger partial charge in [0.2, 0.25) is 0 Å². The molecular weight excluding hydrogens is 237 g/mol. The molecule has 0 heterocycles. The van der Waals surface area contributed by atoms with Crippen LogP contribution in [0.25, 0.3) is 11.1 Å². The molecule has 0 radical (unpaired) electrons. The summed E-state index contributed by atoms with van der Waals surface area (Å²) in [5.41, 5.74) is 10.1. The third-order valence-electron chi connectivity index (χ3n) is 2.81. The number of aryl methyl sites for hydroxylation is 2. The minimum atomic E-state index is -0.324. The maximum Gasteiger partial charge on any atom is 0.125 e. The van der Waals surface area contributed by atoms with Crippen LogP contribution >= 0.6 is 11.6 Å². The smallest absolute Gasteiger partial charge is 0.125 e. The Balaban J connectivity index is 2.64. The second kappa shape index (κ2) is 4.38. The highest BCUT2D eigenvalue weighted by atomic mass is 35.5. The van der Waals surface area contributed by atoms with Crippen LogP contribution in [0.4, 0.5) is 10.1 Å². The summed E-state index contributed by atoms with van der Waals surface area (Å²) in [6.07, 6.45) is 0. The van der Waals surface area contributed by atoms with E-state index in [9.17, 15) is 4.39 Å². The summed E-state index contributed by atoms with van der Waals surface area (Å²) in [5.74, 6) is -0.324. The lowest BCUT2D eigenvalue weighted by atomic mass is 9.97. The molecule has 0 atom stereocenters. The number of nitrogens with two attached hydrogens (primary N) is 1. The van der Waals surface area contributed by atoms with E-state index in [2.05, 4.69) is 0 Å². The number of halogens is 2. The van der Waals surface area contributed by atoms with E-state index >= 15 is 0 Å². The minimum absolute atomic E-state index is 0.324. The molecule has 0 aliphatic rings. The van der Waals surface area contributed by atoms with E-state index in [1.54, 1.807) is 6.07 Å². The maximum atomic E-state index is 13.0. The highest BCUT2D eigenvalue weighted by Gasteiger charge is 2.09. The second-order valence-corrected chi connectivity index (χ2v) is 4.56. The van der Waals surface area contributed by atoms with Gasteiger partial charge in [-0.3, -0.25) is 0 Å². The topological polar surface area (TPSA) is 26.0 Å². The van der Waals surface area contributed by atoms with Gasteiger partial charge in [-0.15, -0.1) is 0 Å². The van der Waals surface area contributed by atoms with Crippen molar-refractivity contribution in [2.45, 2.75) is 13.8 Å². The van der Waals surface area contributed by atoms with E-state index in [0.717, 1.165) is 27.3 Å². The molecule has 1 nitrogen and oxygen atoms in total. The first-order chi connectivity index (χ1) is 7.99. The molecule has 0 bridgehead atoms. The summed E-state index contributed by atoms with van der Waals surface area (Å²) in [6, 6.07) is 8.31. The van der Waals surface area contributed by atoms with Crippen LogP contribution in [0.1, 0.15) is 11.1 Å². The Morgan fingerprint density at radius 1 is 1.00 bits per heavy atom. The fraction of sp³-hybridized carbons (Fsp3) is 0.143. The average molecular weight is 250 g/mol. The van der Waals surface area contributed by atoms with E-state index in [1.807, 2.05) is 26.0 Å². The lowest BCUT2D eigenvalue weighted by molar-refractivity contribution is 0.628. The van der Waals surface area contributed by atoms with Gasteiger partial charge in [0.05, 0.1) is 0 Å². The van der Waals surface area contributed by atoms with Gasteiger partial charge in [0.25, 0.3) is 0 Å². The van der Waals surface area contributed by atoms with Gasteiger partial charge in [0.1, 0.15) is 5.82 Å². The first kappa shape index (κ1) is 11.9. The van der Waals surface area contributed by atoms with Crippen molar-refractivity contribution >= 4 is 17.3 Å². The van der Waals surface area contributed by atoms with E-state index < -0.39 is 0 Å². The second-order valence-electron chi connectivity index (χ2n) is 4.15. The Kier molecular flexibility index (Phi) is 3.07. The van der Waals surface area contributed by atoms with Crippen LogP contribution in [-0.4, -0.2) is 0 Å². The Hall–Kier alpha value is -1.54. The minimum Gasteiger partial charge on any atom is -0.398 e. The molecule has 0 amide bonds. The van der Waals surface area contributed by atoms with Crippen LogP contribution in [0.2, 0.25) is 5.02 Å². The maximum absolute atomic E-state index is 13.0. The summed E-state index contributed by atoms with van der Waals surface area (Å²) >= 11 is 6.05. The van der Waals surface area contributed by atoms with E-state index in [-0.39, 0.29) is 5.82 Å². The quantitative estimate of drug-likeness (QED) is 0.748. The normalized spacial score (nSPS) is 10.6. The average Bonchev–Trinajstić information content (AvgIpc) is 2.24. The van der Waals surface area contributed by atoms with Gasteiger partial charge in [-0.1, -0.05) is 11.6 Å². The molecule has 0 aromatic heterocycles. The number of hydrogen-bond acceptors (Lipinski definition) is 1. The summed E-state index contributed by atoms with van der Waals surface area (Å²) in [4.78, 5) is 0. The lowest BCUT2D eigenvalue weighted by Gasteiger charge is -2.11. The van der Waals surface area contributed by atoms with Crippen LogP contribution in [0, 0.1) is 19.7 Å². The van der Waals surface area contributed by atoms with Gasteiger partial charge in [-0.05, 0) is 60.9 Å². The molecule has 0 unspecified atom stereocenters. The summed E-state index contributed by atoms with van der Waals surface area (Å²) in [7, 11) is 0. The molecule has 2 aromatic carbocycles. The van der Waals surface area contributed by atoms with Gasteiger partial charge in [-0.25, -0.2) is 4.39 Å². The Labute approximate surface area is 105 Å². The van der Waals surface area contributed by atoms with Gasteiger partial charge < -0.3 is 5.73 Å². The third kappa shape index (κ3) is 2.27. The number of nitrogen functional groups attached to an aromatic ring is 1. The summed E-state index contributed by atoms with van der Waals surface area (Å²) in [6.45, 7) is 3.90. The van der Waals surface area contributed by atoms with Crippen LogP contribution in [0.3, 0.4) is 0 Å². The zero-order valence-corrected chi connectivity index (χ0v) is 10.5. The monoisotopic (exact) mass is 249 g/mol. The predicted molar refractivity (Wildman–Crippen MR) is 70.7 cm³/mol. The molecule has 2 aromatic rings. The van der Waals surface area contributed by atoms with Crippen molar-refractivity contribution < 1.29 is 4.39 Å². The van der Waals surface area contributed by atoms with Crippen molar-refractivity contribution in [1.29, 1.82) is 0 Å². The third-order valence-corrected chi connectivity index (χ3v) is 3.22. The fourth-order valence-electron chi connectivity index (χ4n) is 1.85. The number of anilines is 1. The van der Waals surface area contributed by atoms with Crippen LogP contribution < -0.4 is 5.73 Å².